The number of rotatable bonds is 9. The third-order valence-corrected chi connectivity index (χ3v) is 14.9. The van der Waals surface area contributed by atoms with Crippen molar-refractivity contribution in [2.45, 2.75) is 173 Å². The lowest BCUT2D eigenvalue weighted by Crippen LogP contribution is -2.63. The SMILES string of the molecule is CO[C@H]1C[C@@H](C)C/C(C)=C/[C@@H](C/C=C/CO)C(=O)C[C@H](O)[C@@H](C)[C@@H](/C(C)=C/[C@@H]2CC[C@@H](OC(=O)N3CC(O)C3)[C@H](OC)C2)OC(=O)[C@@H]2CCCCN2C(=O)C(=O)[C@]2(C)O[C@H]1[C@@H](OC)C[C@H]2C. The Hall–Kier alpha value is -3.51. The maximum absolute atomic E-state index is 14.6. The second-order valence-corrected chi connectivity index (χ2v) is 20.0. The van der Waals surface area contributed by atoms with E-state index in [1.54, 1.807) is 47.3 Å². The number of cyclic esters (lactones) is 1. The van der Waals surface area contributed by atoms with E-state index < -0.39 is 102 Å². The number of ether oxygens (including phenoxy) is 6. The Bertz CT molecular complexity index is 1780. The number of nitrogens with zero attached hydrogens (tertiary/aromatic N) is 2. The van der Waals surface area contributed by atoms with Gasteiger partial charge in [0.2, 0.25) is 0 Å². The van der Waals surface area contributed by atoms with Crippen molar-refractivity contribution in [2.24, 2.45) is 29.6 Å². The van der Waals surface area contributed by atoms with Crippen LogP contribution in [0.25, 0.3) is 0 Å². The first-order valence-corrected chi connectivity index (χ1v) is 24.1. The molecule has 0 aromatic carbocycles. The zero-order valence-corrected chi connectivity index (χ0v) is 40.7. The van der Waals surface area contributed by atoms with Crippen LogP contribution in [0.15, 0.2) is 35.5 Å². The Kier molecular flexibility index (Phi) is 19.6. The maximum Gasteiger partial charge on any atom is 0.410 e. The number of hydrogen-bond donors (Lipinski definition) is 3. The van der Waals surface area contributed by atoms with E-state index in [1.807, 2.05) is 32.9 Å². The van der Waals surface area contributed by atoms with E-state index in [9.17, 15) is 39.3 Å². The minimum absolute atomic E-state index is 0.0380. The average molecular weight is 931 g/mol. The van der Waals surface area contributed by atoms with Crippen LogP contribution in [0.3, 0.4) is 0 Å². The van der Waals surface area contributed by atoms with Crippen molar-refractivity contribution < 1.29 is 67.7 Å². The Labute approximate surface area is 391 Å². The van der Waals surface area contributed by atoms with Gasteiger partial charge in [0, 0.05) is 46.1 Å². The van der Waals surface area contributed by atoms with Gasteiger partial charge in [0.1, 0.15) is 35.7 Å². The van der Waals surface area contributed by atoms with Crippen LogP contribution in [0.1, 0.15) is 112 Å². The summed E-state index contributed by atoms with van der Waals surface area (Å²) >= 11 is 0. The summed E-state index contributed by atoms with van der Waals surface area (Å²) in [6.07, 6.45) is 6.06. The number of amides is 2. The molecule has 66 heavy (non-hydrogen) atoms. The Morgan fingerprint density at radius 1 is 0.894 bits per heavy atom. The van der Waals surface area contributed by atoms with Crippen molar-refractivity contribution >= 4 is 29.5 Å². The zero-order valence-electron chi connectivity index (χ0n) is 40.7. The van der Waals surface area contributed by atoms with E-state index in [0.717, 1.165) is 5.57 Å². The first-order chi connectivity index (χ1) is 31.3. The molecule has 4 aliphatic heterocycles. The molecule has 4 fully saturated rings. The standard InChI is InChI=1S/C50H78N2O14/c1-29-20-30(2)22-42(62-8)45-43(63-9)24-32(4)50(6,66-45)46(57)47(58)52-18-12-10-15-37(52)48(59)65-44(33(5)38(55)26-39(56)35(21-29)14-11-13-19-53)31(3)23-34-16-17-40(41(25-34)61-7)64-49(60)51-27-36(54)28-51/h11,13,21,23,30,32-38,40-45,53-55H,10,12,14-20,22,24-28H2,1-9H3/b13-11+,29-21+,31-23+/t30-,32+,33+,34-,35+,37-,38-,40+,41+,42-,43-,44+,45+,50+/m0/s1. The lowest BCUT2D eigenvalue weighted by Gasteiger charge is -2.48. The maximum atomic E-state index is 14.6. The molecule has 5 aliphatic rings. The number of esters is 1. The molecule has 5 rings (SSSR count). The molecule has 2 amide bonds. The minimum atomic E-state index is -1.55. The van der Waals surface area contributed by atoms with Gasteiger partial charge in [-0.3, -0.25) is 14.4 Å². The fraction of sp³-hybridized carbons (Fsp3) is 0.780. The number of aliphatic hydroxyl groups is 3. The molecule has 372 valence electrons. The molecule has 0 spiro atoms. The van der Waals surface area contributed by atoms with Crippen LogP contribution in [0.4, 0.5) is 4.79 Å². The molecule has 1 saturated carbocycles. The van der Waals surface area contributed by atoms with Gasteiger partial charge in [0.15, 0.2) is 0 Å². The topological polar surface area (TPSA) is 208 Å². The van der Waals surface area contributed by atoms with E-state index in [-0.39, 0.29) is 56.7 Å². The molecule has 2 bridgehead atoms. The van der Waals surface area contributed by atoms with Crippen LogP contribution in [-0.4, -0.2) is 163 Å². The average Bonchev–Trinajstić information content (AvgIpc) is 3.28. The monoisotopic (exact) mass is 931 g/mol. The third kappa shape index (κ3) is 13.0. The Balaban J connectivity index is 1.50. The summed E-state index contributed by atoms with van der Waals surface area (Å²) in [4.78, 5) is 73.4. The zero-order chi connectivity index (χ0) is 48.5. The minimum Gasteiger partial charge on any atom is -0.456 e. The van der Waals surface area contributed by atoms with E-state index in [4.69, 9.17) is 28.4 Å². The van der Waals surface area contributed by atoms with Crippen LogP contribution in [0, 0.1) is 29.6 Å². The van der Waals surface area contributed by atoms with Crippen LogP contribution in [-0.2, 0) is 47.6 Å². The molecule has 1 aliphatic carbocycles. The molecule has 16 heteroatoms. The summed E-state index contributed by atoms with van der Waals surface area (Å²) in [5.74, 6) is -4.38. The molecule has 0 unspecified atom stereocenters. The van der Waals surface area contributed by atoms with Gasteiger partial charge in [-0.05, 0) is 108 Å². The highest BCUT2D eigenvalue weighted by Crippen LogP contribution is 2.40. The number of likely N-dealkylation sites (tertiary alicyclic amines) is 1. The van der Waals surface area contributed by atoms with E-state index in [2.05, 4.69) is 6.92 Å². The number of allylic oxidation sites excluding steroid dienone is 4. The van der Waals surface area contributed by atoms with Crippen molar-refractivity contribution in [1.82, 2.24) is 9.80 Å². The van der Waals surface area contributed by atoms with E-state index in [0.29, 0.717) is 63.4 Å². The second-order valence-electron chi connectivity index (χ2n) is 20.0. The fourth-order valence-electron chi connectivity index (χ4n) is 10.7. The number of Topliss-reactive ketones (excluding diaryl/α,β-unsaturated/α-hetero) is 2. The van der Waals surface area contributed by atoms with Gasteiger partial charge in [0.25, 0.3) is 11.7 Å². The van der Waals surface area contributed by atoms with Gasteiger partial charge in [-0.25, -0.2) is 9.59 Å². The van der Waals surface area contributed by atoms with Crippen molar-refractivity contribution in [3.63, 3.8) is 0 Å². The highest BCUT2D eigenvalue weighted by molar-refractivity contribution is 6.39. The smallest absolute Gasteiger partial charge is 0.410 e. The van der Waals surface area contributed by atoms with Crippen LogP contribution in [0.5, 0.6) is 0 Å². The van der Waals surface area contributed by atoms with Crippen molar-refractivity contribution in [1.29, 1.82) is 0 Å². The number of carbonyl (C=O) groups is 5. The molecule has 0 aromatic heterocycles. The molecule has 16 nitrogen and oxygen atoms in total. The van der Waals surface area contributed by atoms with Crippen LogP contribution < -0.4 is 0 Å². The highest BCUT2D eigenvalue weighted by Gasteiger charge is 2.54. The number of piperidine rings is 1. The number of carbonyl (C=O) groups excluding carboxylic acids is 5. The van der Waals surface area contributed by atoms with Crippen molar-refractivity contribution in [3.8, 4) is 0 Å². The lowest BCUT2D eigenvalue weighted by atomic mass is 9.76. The summed E-state index contributed by atoms with van der Waals surface area (Å²) < 4.78 is 36.7. The summed E-state index contributed by atoms with van der Waals surface area (Å²) in [5, 5.41) is 31.1. The fourth-order valence-corrected chi connectivity index (χ4v) is 10.7. The van der Waals surface area contributed by atoms with Gasteiger partial charge in [-0.2, -0.15) is 0 Å². The number of hydrogen-bond acceptors (Lipinski definition) is 14. The second kappa shape index (κ2) is 24.2. The largest absolute Gasteiger partial charge is 0.456 e. The highest BCUT2D eigenvalue weighted by atomic mass is 16.6. The van der Waals surface area contributed by atoms with E-state index in [1.165, 1.54) is 9.80 Å². The van der Waals surface area contributed by atoms with Crippen LogP contribution in [0.2, 0.25) is 0 Å². The Morgan fingerprint density at radius 3 is 2.23 bits per heavy atom. The number of β-amino-alcohol motifs (C(OH)–C–C–N with tert-alkyl or cyclic N) is 1. The molecule has 3 saturated heterocycles. The van der Waals surface area contributed by atoms with Crippen LogP contribution >= 0.6 is 0 Å². The summed E-state index contributed by atoms with van der Waals surface area (Å²) in [6, 6.07) is -1.09. The van der Waals surface area contributed by atoms with Gasteiger partial charge in [-0.1, -0.05) is 50.6 Å². The predicted molar refractivity (Wildman–Crippen MR) is 244 cm³/mol. The third-order valence-electron chi connectivity index (χ3n) is 14.9. The first kappa shape index (κ1) is 53.4. The molecule has 0 aromatic rings. The van der Waals surface area contributed by atoms with Gasteiger partial charge in [-0.15, -0.1) is 0 Å². The molecular formula is C50H78N2O14. The number of ketones is 2. The van der Waals surface area contributed by atoms with Gasteiger partial charge < -0.3 is 53.5 Å². The summed E-state index contributed by atoms with van der Waals surface area (Å²) in [6.45, 7) is 11.5. The van der Waals surface area contributed by atoms with Gasteiger partial charge in [0.05, 0.1) is 50.2 Å². The van der Waals surface area contributed by atoms with E-state index >= 15 is 0 Å². The lowest BCUT2D eigenvalue weighted by molar-refractivity contribution is -0.229. The molecular weight excluding hydrogens is 853 g/mol. The molecule has 14 atom stereocenters. The molecule has 0 radical (unpaired) electrons. The van der Waals surface area contributed by atoms with Crippen molar-refractivity contribution in [2.75, 3.05) is 47.6 Å². The first-order valence-electron chi connectivity index (χ1n) is 24.1. The normalized spacial score (nSPS) is 38.5. The quantitative estimate of drug-likeness (QED) is 0.160. The number of fused-ring (bicyclic) bond motifs is 3. The van der Waals surface area contributed by atoms with Gasteiger partial charge >= 0.3 is 12.1 Å². The summed E-state index contributed by atoms with van der Waals surface area (Å²) in [5.41, 5.74) is 0.0299. The summed E-state index contributed by atoms with van der Waals surface area (Å²) in [7, 11) is 4.74. The predicted octanol–water partition coefficient (Wildman–Crippen LogP) is 4.89. The van der Waals surface area contributed by atoms with Crippen molar-refractivity contribution in [3.05, 3.63) is 35.5 Å². The number of aliphatic hydroxyl groups excluding tert-OH is 3. The molecule has 4 heterocycles. The molecule has 3 N–H and O–H groups in total. The Morgan fingerprint density at radius 2 is 1.58 bits per heavy atom. The number of methoxy groups -OCH3 is 3.